The molecule has 5 nitrogen and oxygen atoms in total. The summed E-state index contributed by atoms with van der Waals surface area (Å²) in [5, 5.41) is 12.3. The van der Waals surface area contributed by atoms with Crippen LogP contribution in [0.4, 0.5) is 0 Å². The Kier molecular flexibility index (Phi) is 3.04. The molecule has 0 aliphatic carbocycles. The van der Waals surface area contributed by atoms with Crippen molar-refractivity contribution in [2.45, 2.75) is 6.92 Å². The number of carbonyl (C=O) groups excluding carboxylic acids is 1. The Balaban J connectivity index is 2.55. The van der Waals surface area contributed by atoms with Crippen LogP contribution < -0.4 is 0 Å². The fraction of sp³-hybridized carbons (Fsp3) is 0.714. The van der Waals surface area contributed by atoms with Crippen LogP contribution in [0.15, 0.2) is 5.16 Å². The molecule has 0 amide bonds. The third kappa shape index (κ3) is 1.73. The van der Waals surface area contributed by atoms with Crippen molar-refractivity contribution in [1.82, 2.24) is 0 Å². The third-order valence-electron chi connectivity index (χ3n) is 1.53. The van der Waals surface area contributed by atoms with Gasteiger partial charge in [0, 0.05) is 0 Å². The number of oxime groups is 1. The largest absolute Gasteiger partial charge is 0.461 e. The number of carbonyl (C=O) groups is 1. The average Bonchev–Trinajstić information content (AvgIpc) is 2.51. The molecule has 12 heavy (non-hydrogen) atoms. The van der Waals surface area contributed by atoms with Crippen molar-refractivity contribution in [3.63, 3.8) is 0 Å². The van der Waals surface area contributed by atoms with Gasteiger partial charge in [-0.1, -0.05) is 5.16 Å². The lowest BCUT2D eigenvalue weighted by molar-refractivity contribution is -0.135. The molecule has 0 spiro atoms. The minimum atomic E-state index is -0.506. The van der Waals surface area contributed by atoms with Gasteiger partial charge in [-0.05, 0) is 6.92 Å². The second kappa shape index (κ2) is 4.06. The molecule has 0 saturated heterocycles. The van der Waals surface area contributed by atoms with Crippen LogP contribution in [0.3, 0.4) is 0 Å². The predicted molar refractivity (Wildman–Crippen MR) is 40.6 cm³/mol. The Morgan fingerprint density at radius 2 is 2.67 bits per heavy atom. The normalized spacial score (nSPS) is 21.5. The Hall–Kier alpha value is -1.10. The zero-order chi connectivity index (χ0) is 8.97. The van der Waals surface area contributed by atoms with E-state index in [0.717, 1.165) is 0 Å². The van der Waals surface area contributed by atoms with Crippen molar-refractivity contribution >= 4 is 11.7 Å². The fourth-order valence-electron chi connectivity index (χ4n) is 0.898. The molecule has 68 valence electrons. The van der Waals surface area contributed by atoms with Gasteiger partial charge in [0.2, 0.25) is 0 Å². The van der Waals surface area contributed by atoms with Crippen LogP contribution in [0.2, 0.25) is 0 Å². The highest BCUT2D eigenvalue weighted by atomic mass is 16.6. The van der Waals surface area contributed by atoms with Gasteiger partial charge in [-0.2, -0.15) is 0 Å². The quantitative estimate of drug-likeness (QED) is 0.586. The van der Waals surface area contributed by atoms with Gasteiger partial charge < -0.3 is 14.7 Å². The van der Waals surface area contributed by atoms with Gasteiger partial charge >= 0.3 is 5.97 Å². The lowest BCUT2D eigenvalue weighted by Crippen LogP contribution is -2.27. The van der Waals surface area contributed by atoms with E-state index >= 15 is 0 Å². The number of nitrogens with zero attached hydrogens (tertiary/aromatic N) is 1. The summed E-state index contributed by atoms with van der Waals surface area (Å²) in [4.78, 5) is 15.7. The van der Waals surface area contributed by atoms with Crippen molar-refractivity contribution in [3.05, 3.63) is 0 Å². The summed E-state index contributed by atoms with van der Waals surface area (Å²) in [5.41, 5.74) is 0.180. The Bertz CT molecular complexity index is 202. The highest BCUT2D eigenvalue weighted by Crippen LogP contribution is 2.10. The van der Waals surface area contributed by atoms with Crippen molar-refractivity contribution in [1.29, 1.82) is 0 Å². The number of rotatable bonds is 3. The van der Waals surface area contributed by atoms with E-state index in [1.54, 1.807) is 6.92 Å². The van der Waals surface area contributed by atoms with Crippen LogP contribution in [-0.4, -0.2) is 36.6 Å². The first-order valence-corrected chi connectivity index (χ1v) is 3.77. The number of aliphatic hydroxyl groups excluding tert-OH is 1. The molecule has 0 aromatic carbocycles. The van der Waals surface area contributed by atoms with Crippen LogP contribution in [0.1, 0.15) is 6.92 Å². The Morgan fingerprint density at radius 1 is 1.92 bits per heavy atom. The molecular formula is C7H11NO4. The van der Waals surface area contributed by atoms with E-state index in [0.29, 0.717) is 6.61 Å². The maximum Gasteiger partial charge on any atom is 0.356 e. The van der Waals surface area contributed by atoms with E-state index in [2.05, 4.69) is 9.99 Å². The first-order valence-electron chi connectivity index (χ1n) is 3.77. The zero-order valence-electron chi connectivity index (χ0n) is 6.82. The topological polar surface area (TPSA) is 68.1 Å². The second-order valence-electron chi connectivity index (χ2n) is 2.37. The SMILES string of the molecule is CCOC(=O)C1=NOCC1CO. The van der Waals surface area contributed by atoms with Crippen molar-refractivity contribution in [3.8, 4) is 0 Å². The molecule has 1 aliphatic heterocycles. The molecule has 0 fully saturated rings. The predicted octanol–water partition coefficient (Wildman–Crippen LogP) is -0.456. The maximum atomic E-state index is 11.1. The van der Waals surface area contributed by atoms with Crippen LogP contribution in [0, 0.1) is 5.92 Å². The molecule has 0 bridgehead atoms. The van der Waals surface area contributed by atoms with Gasteiger partial charge in [-0.25, -0.2) is 4.79 Å². The van der Waals surface area contributed by atoms with Gasteiger partial charge in [0.15, 0.2) is 5.71 Å². The summed E-state index contributed by atoms with van der Waals surface area (Å²) in [5.74, 6) is -0.835. The first kappa shape index (κ1) is 8.99. The number of esters is 1. The lowest BCUT2D eigenvalue weighted by atomic mass is 10.1. The van der Waals surface area contributed by atoms with E-state index in [1.165, 1.54) is 0 Å². The molecule has 1 atom stereocenters. The van der Waals surface area contributed by atoms with Crippen molar-refractivity contribution < 1.29 is 19.5 Å². The monoisotopic (exact) mass is 173 g/mol. The molecule has 1 aliphatic rings. The summed E-state index contributed by atoms with van der Waals surface area (Å²) in [6, 6.07) is 0. The minimum Gasteiger partial charge on any atom is -0.461 e. The molecule has 0 aromatic heterocycles. The Morgan fingerprint density at radius 3 is 3.25 bits per heavy atom. The van der Waals surface area contributed by atoms with E-state index in [9.17, 15) is 4.79 Å². The number of hydrogen-bond donors (Lipinski definition) is 1. The molecule has 1 heterocycles. The first-order chi connectivity index (χ1) is 5.79. The third-order valence-corrected chi connectivity index (χ3v) is 1.53. The summed E-state index contributed by atoms with van der Waals surface area (Å²) < 4.78 is 4.70. The molecule has 0 aromatic rings. The lowest BCUT2D eigenvalue weighted by Gasteiger charge is -2.04. The number of aliphatic hydroxyl groups is 1. The van der Waals surface area contributed by atoms with Crippen LogP contribution >= 0.6 is 0 Å². The molecule has 0 saturated carbocycles. The maximum absolute atomic E-state index is 11.1. The molecule has 1 rings (SSSR count). The summed E-state index contributed by atoms with van der Waals surface area (Å²) in [6.45, 7) is 2.13. The second-order valence-corrected chi connectivity index (χ2v) is 2.37. The van der Waals surface area contributed by atoms with Gasteiger partial charge in [0.1, 0.15) is 6.61 Å². The standard InChI is InChI=1S/C7H11NO4/c1-2-11-7(10)6-5(3-9)4-12-8-6/h5,9H,2-4H2,1H3. The highest BCUT2D eigenvalue weighted by Gasteiger charge is 2.29. The summed E-state index contributed by atoms with van der Waals surface area (Å²) in [6.07, 6.45) is 0. The minimum absolute atomic E-state index is 0.141. The molecular weight excluding hydrogens is 162 g/mol. The molecule has 1 unspecified atom stereocenters. The van der Waals surface area contributed by atoms with E-state index in [4.69, 9.17) is 9.84 Å². The van der Waals surface area contributed by atoms with E-state index in [-0.39, 0.29) is 24.8 Å². The van der Waals surface area contributed by atoms with Gasteiger partial charge in [0.05, 0.1) is 19.1 Å². The summed E-state index contributed by atoms with van der Waals surface area (Å²) in [7, 11) is 0. The van der Waals surface area contributed by atoms with Crippen molar-refractivity contribution in [2.75, 3.05) is 19.8 Å². The highest BCUT2D eigenvalue weighted by molar-refractivity contribution is 6.37. The van der Waals surface area contributed by atoms with Gasteiger partial charge in [-0.15, -0.1) is 0 Å². The molecule has 5 heteroatoms. The molecule has 0 radical (unpaired) electrons. The van der Waals surface area contributed by atoms with E-state index in [1.807, 2.05) is 0 Å². The van der Waals surface area contributed by atoms with Crippen LogP contribution in [0.25, 0.3) is 0 Å². The van der Waals surface area contributed by atoms with Crippen LogP contribution in [-0.2, 0) is 14.4 Å². The van der Waals surface area contributed by atoms with Crippen molar-refractivity contribution in [2.24, 2.45) is 11.1 Å². The van der Waals surface area contributed by atoms with Gasteiger partial charge in [-0.3, -0.25) is 0 Å². The smallest absolute Gasteiger partial charge is 0.356 e. The summed E-state index contributed by atoms with van der Waals surface area (Å²) >= 11 is 0. The fourth-order valence-corrected chi connectivity index (χ4v) is 0.898. The van der Waals surface area contributed by atoms with Gasteiger partial charge in [0.25, 0.3) is 0 Å². The van der Waals surface area contributed by atoms with Crippen LogP contribution in [0.5, 0.6) is 0 Å². The molecule has 1 N–H and O–H groups in total. The Labute approximate surface area is 70.0 Å². The average molecular weight is 173 g/mol. The number of hydrogen-bond acceptors (Lipinski definition) is 5. The zero-order valence-corrected chi connectivity index (χ0v) is 6.82. The van der Waals surface area contributed by atoms with E-state index < -0.39 is 5.97 Å². The number of ether oxygens (including phenoxy) is 1.